The predicted octanol–water partition coefficient (Wildman–Crippen LogP) is 2.39. The van der Waals surface area contributed by atoms with Crippen molar-refractivity contribution in [3.05, 3.63) is 0 Å². The first-order valence-electron chi connectivity index (χ1n) is 6.89. The topological polar surface area (TPSA) is 24.1 Å². The van der Waals surface area contributed by atoms with Gasteiger partial charge in [0.05, 0.1) is 0 Å². The first-order chi connectivity index (χ1) is 7.90. The summed E-state index contributed by atoms with van der Waals surface area (Å²) in [6.07, 6.45) is 12.1. The Kier molecular flexibility index (Phi) is 5.46. The van der Waals surface area contributed by atoms with Gasteiger partial charge in [0, 0.05) is 23.9 Å². The summed E-state index contributed by atoms with van der Waals surface area (Å²) in [6, 6.07) is 1.51. The maximum absolute atomic E-state index is 3.81. The number of nitrogens with one attached hydrogen (secondary N) is 2. The second-order valence-electron chi connectivity index (χ2n) is 5.22. The van der Waals surface area contributed by atoms with Gasteiger partial charge in [-0.1, -0.05) is 19.3 Å². The van der Waals surface area contributed by atoms with Gasteiger partial charge in [0.15, 0.2) is 0 Å². The van der Waals surface area contributed by atoms with Crippen LogP contribution in [0.25, 0.3) is 0 Å². The van der Waals surface area contributed by atoms with Gasteiger partial charge in [0.1, 0.15) is 0 Å². The molecule has 1 aliphatic heterocycles. The minimum atomic E-state index is 0.734. The molecule has 2 fully saturated rings. The number of hydrogen-bond acceptors (Lipinski definition) is 3. The second kappa shape index (κ2) is 6.87. The largest absolute Gasteiger partial charge is 0.313 e. The summed E-state index contributed by atoms with van der Waals surface area (Å²) in [4.78, 5) is 0. The van der Waals surface area contributed by atoms with E-state index in [1.807, 2.05) is 0 Å². The third kappa shape index (κ3) is 3.64. The zero-order valence-corrected chi connectivity index (χ0v) is 11.3. The van der Waals surface area contributed by atoms with Gasteiger partial charge in [-0.2, -0.15) is 11.8 Å². The van der Waals surface area contributed by atoms with Crippen molar-refractivity contribution < 1.29 is 0 Å². The fourth-order valence-electron chi connectivity index (χ4n) is 3.00. The Morgan fingerprint density at radius 2 is 1.94 bits per heavy atom. The molecule has 0 bridgehead atoms. The molecule has 2 nitrogen and oxygen atoms in total. The van der Waals surface area contributed by atoms with E-state index < -0.39 is 0 Å². The van der Waals surface area contributed by atoms with Crippen LogP contribution in [0, 0.1) is 0 Å². The summed E-state index contributed by atoms with van der Waals surface area (Å²) >= 11 is 2.06. The van der Waals surface area contributed by atoms with Crippen LogP contribution < -0.4 is 10.6 Å². The SMILES string of the molecule is CSC1CCCCC1NCC1CCCCN1. The van der Waals surface area contributed by atoms with Crippen LogP contribution in [0.2, 0.25) is 0 Å². The standard InChI is InChI=1S/C13H26N2S/c1-16-13-8-3-2-7-12(13)15-10-11-6-4-5-9-14-11/h11-15H,2-10H2,1H3. The van der Waals surface area contributed by atoms with E-state index in [1.165, 1.54) is 58.0 Å². The van der Waals surface area contributed by atoms with Crippen molar-refractivity contribution in [2.24, 2.45) is 0 Å². The van der Waals surface area contributed by atoms with Gasteiger partial charge < -0.3 is 10.6 Å². The quantitative estimate of drug-likeness (QED) is 0.791. The van der Waals surface area contributed by atoms with Crippen molar-refractivity contribution in [1.82, 2.24) is 10.6 Å². The smallest absolute Gasteiger partial charge is 0.0198 e. The third-order valence-corrected chi connectivity index (χ3v) is 5.21. The Hall–Kier alpha value is 0.270. The van der Waals surface area contributed by atoms with Crippen molar-refractivity contribution in [2.75, 3.05) is 19.3 Å². The maximum Gasteiger partial charge on any atom is 0.0198 e. The lowest BCUT2D eigenvalue weighted by atomic mass is 9.94. The van der Waals surface area contributed by atoms with E-state index in [4.69, 9.17) is 0 Å². The van der Waals surface area contributed by atoms with Crippen LogP contribution in [0.1, 0.15) is 44.9 Å². The molecule has 3 atom stereocenters. The highest BCUT2D eigenvalue weighted by molar-refractivity contribution is 7.99. The van der Waals surface area contributed by atoms with Crippen LogP contribution in [0.5, 0.6) is 0 Å². The molecule has 2 aliphatic rings. The Morgan fingerprint density at radius 1 is 1.12 bits per heavy atom. The molecule has 1 saturated carbocycles. The fourth-order valence-corrected chi connectivity index (χ4v) is 3.97. The Morgan fingerprint density at radius 3 is 2.69 bits per heavy atom. The van der Waals surface area contributed by atoms with Gasteiger partial charge in [-0.25, -0.2) is 0 Å². The molecule has 2 rings (SSSR count). The summed E-state index contributed by atoms with van der Waals surface area (Å²) in [6.45, 7) is 2.41. The van der Waals surface area contributed by atoms with Crippen molar-refractivity contribution in [2.45, 2.75) is 62.3 Å². The molecule has 0 aromatic rings. The van der Waals surface area contributed by atoms with Crippen LogP contribution in [0.4, 0.5) is 0 Å². The van der Waals surface area contributed by atoms with Crippen LogP contribution in [-0.2, 0) is 0 Å². The Bertz CT molecular complexity index is 192. The summed E-state index contributed by atoms with van der Waals surface area (Å²) < 4.78 is 0. The average molecular weight is 242 g/mol. The van der Waals surface area contributed by atoms with Gasteiger partial charge >= 0.3 is 0 Å². The van der Waals surface area contributed by atoms with Crippen LogP contribution in [-0.4, -0.2) is 36.7 Å². The molecule has 3 heteroatoms. The minimum absolute atomic E-state index is 0.734. The van der Waals surface area contributed by atoms with Crippen molar-refractivity contribution in [1.29, 1.82) is 0 Å². The van der Waals surface area contributed by atoms with Gasteiger partial charge in [-0.05, 0) is 38.5 Å². The number of piperidine rings is 1. The molecule has 1 saturated heterocycles. The number of rotatable bonds is 4. The van der Waals surface area contributed by atoms with Gasteiger partial charge in [0.25, 0.3) is 0 Å². The lowest BCUT2D eigenvalue weighted by Crippen LogP contribution is -2.48. The van der Waals surface area contributed by atoms with Crippen molar-refractivity contribution in [3.8, 4) is 0 Å². The van der Waals surface area contributed by atoms with E-state index in [9.17, 15) is 0 Å². The van der Waals surface area contributed by atoms with E-state index in [0.29, 0.717) is 0 Å². The molecule has 94 valence electrons. The molecule has 0 spiro atoms. The monoisotopic (exact) mass is 242 g/mol. The molecule has 0 aromatic carbocycles. The Balaban J connectivity index is 1.70. The van der Waals surface area contributed by atoms with Crippen LogP contribution in [0.15, 0.2) is 0 Å². The normalized spacial score (nSPS) is 36.2. The lowest BCUT2D eigenvalue weighted by Gasteiger charge is -2.33. The third-order valence-electron chi connectivity index (χ3n) is 4.04. The van der Waals surface area contributed by atoms with Crippen molar-refractivity contribution in [3.63, 3.8) is 0 Å². The van der Waals surface area contributed by atoms with Crippen molar-refractivity contribution >= 4 is 11.8 Å². The highest BCUT2D eigenvalue weighted by atomic mass is 32.2. The van der Waals surface area contributed by atoms with Crippen LogP contribution >= 0.6 is 11.8 Å². The average Bonchev–Trinajstić information content (AvgIpc) is 2.38. The lowest BCUT2D eigenvalue weighted by molar-refractivity contribution is 0.332. The number of thioether (sulfide) groups is 1. The fraction of sp³-hybridized carbons (Fsp3) is 1.00. The molecule has 0 radical (unpaired) electrons. The molecular formula is C13H26N2S. The first-order valence-corrected chi connectivity index (χ1v) is 8.18. The molecule has 16 heavy (non-hydrogen) atoms. The summed E-state index contributed by atoms with van der Waals surface area (Å²) in [5.41, 5.74) is 0. The van der Waals surface area contributed by atoms with Gasteiger partial charge in [0.2, 0.25) is 0 Å². The Labute approximate surface area is 104 Å². The highest BCUT2D eigenvalue weighted by Crippen LogP contribution is 2.27. The minimum Gasteiger partial charge on any atom is -0.313 e. The molecule has 0 amide bonds. The maximum atomic E-state index is 3.81. The second-order valence-corrected chi connectivity index (χ2v) is 6.30. The van der Waals surface area contributed by atoms with E-state index in [0.717, 1.165) is 17.3 Å². The van der Waals surface area contributed by atoms with Crippen LogP contribution in [0.3, 0.4) is 0 Å². The van der Waals surface area contributed by atoms with E-state index in [1.54, 1.807) is 0 Å². The molecule has 1 heterocycles. The zero-order valence-electron chi connectivity index (χ0n) is 10.5. The van der Waals surface area contributed by atoms with Gasteiger partial charge in [-0.3, -0.25) is 0 Å². The molecule has 1 aliphatic carbocycles. The molecule has 2 N–H and O–H groups in total. The molecule has 0 aromatic heterocycles. The van der Waals surface area contributed by atoms with Gasteiger partial charge in [-0.15, -0.1) is 0 Å². The molecule has 3 unspecified atom stereocenters. The first kappa shape index (κ1) is 12.7. The zero-order chi connectivity index (χ0) is 11.2. The van der Waals surface area contributed by atoms with E-state index in [2.05, 4.69) is 28.7 Å². The summed E-state index contributed by atoms with van der Waals surface area (Å²) in [5.74, 6) is 0. The summed E-state index contributed by atoms with van der Waals surface area (Å²) in [7, 11) is 0. The van der Waals surface area contributed by atoms with E-state index >= 15 is 0 Å². The number of hydrogen-bond donors (Lipinski definition) is 2. The molecular weight excluding hydrogens is 216 g/mol. The highest BCUT2D eigenvalue weighted by Gasteiger charge is 2.24. The summed E-state index contributed by atoms with van der Waals surface area (Å²) in [5, 5.41) is 8.29. The predicted molar refractivity (Wildman–Crippen MR) is 73.2 cm³/mol. The van der Waals surface area contributed by atoms with E-state index in [-0.39, 0.29) is 0 Å².